The van der Waals surface area contributed by atoms with Gasteiger partial charge in [0.05, 0.1) is 5.75 Å². The van der Waals surface area contributed by atoms with Crippen LogP contribution in [-0.2, 0) is 10.0 Å². The van der Waals surface area contributed by atoms with Gasteiger partial charge >= 0.3 is 0 Å². The van der Waals surface area contributed by atoms with Crippen molar-refractivity contribution in [2.75, 3.05) is 31.9 Å². The van der Waals surface area contributed by atoms with E-state index in [2.05, 4.69) is 26.1 Å². The monoisotopic (exact) mass is 306 g/mol. The van der Waals surface area contributed by atoms with Gasteiger partial charge in [0.25, 0.3) is 0 Å². The Morgan fingerprint density at radius 1 is 1.00 bits per heavy atom. The van der Waals surface area contributed by atoms with Crippen molar-refractivity contribution >= 4 is 10.0 Å². The Morgan fingerprint density at radius 2 is 1.65 bits per heavy atom. The molecule has 0 saturated carbocycles. The molecular formula is C15H34N2O2S. The Morgan fingerprint density at radius 3 is 2.15 bits per heavy atom. The molecule has 0 aliphatic heterocycles. The summed E-state index contributed by atoms with van der Waals surface area (Å²) >= 11 is 0. The van der Waals surface area contributed by atoms with Gasteiger partial charge in [0.2, 0.25) is 10.0 Å². The van der Waals surface area contributed by atoms with Gasteiger partial charge in [0.1, 0.15) is 0 Å². The number of sulfonamides is 1. The molecule has 0 aromatic rings. The van der Waals surface area contributed by atoms with Crippen LogP contribution in [0.4, 0.5) is 0 Å². The molecule has 122 valence electrons. The van der Waals surface area contributed by atoms with E-state index in [1.165, 1.54) is 0 Å². The van der Waals surface area contributed by atoms with Gasteiger partial charge in [-0.3, -0.25) is 0 Å². The first-order chi connectivity index (χ1) is 9.51. The van der Waals surface area contributed by atoms with Gasteiger partial charge in [-0.2, -0.15) is 0 Å². The maximum atomic E-state index is 12.3. The molecule has 5 heteroatoms. The maximum Gasteiger partial charge on any atom is 0.214 e. The van der Waals surface area contributed by atoms with Gasteiger partial charge < -0.3 is 5.32 Å². The zero-order valence-corrected chi connectivity index (χ0v) is 14.6. The minimum absolute atomic E-state index is 0.287. The van der Waals surface area contributed by atoms with E-state index in [1.54, 1.807) is 4.31 Å². The molecule has 1 N–H and O–H groups in total. The van der Waals surface area contributed by atoms with E-state index >= 15 is 0 Å². The fraction of sp³-hybridized carbons (Fsp3) is 1.00. The van der Waals surface area contributed by atoms with Crippen LogP contribution < -0.4 is 5.32 Å². The summed E-state index contributed by atoms with van der Waals surface area (Å²) in [5, 5.41) is 3.31. The van der Waals surface area contributed by atoms with E-state index < -0.39 is 10.0 Å². The highest BCUT2D eigenvalue weighted by molar-refractivity contribution is 7.89. The van der Waals surface area contributed by atoms with Crippen LogP contribution in [0.5, 0.6) is 0 Å². The van der Waals surface area contributed by atoms with Crippen LogP contribution in [0.2, 0.25) is 0 Å². The summed E-state index contributed by atoms with van der Waals surface area (Å²) in [5.41, 5.74) is 0. The first kappa shape index (κ1) is 19.9. The second kappa shape index (κ2) is 11.5. The first-order valence-electron chi connectivity index (χ1n) is 8.20. The molecule has 0 aromatic carbocycles. The van der Waals surface area contributed by atoms with Gasteiger partial charge in [-0.1, -0.05) is 40.5 Å². The third-order valence-electron chi connectivity index (χ3n) is 3.80. The second-order valence-electron chi connectivity index (χ2n) is 5.41. The molecule has 4 nitrogen and oxygen atoms in total. The third-order valence-corrected chi connectivity index (χ3v) is 5.79. The molecule has 0 rings (SSSR count). The zero-order valence-electron chi connectivity index (χ0n) is 13.8. The van der Waals surface area contributed by atoms with Crippen molar-refractivity contribution in [1.29, 1.82) is 0 Å². The van der Waals surface area contributed by atoms with Gasteiger partial charge in [0, 0.05) is 13.1 Å². The Bertz CT molecular complexity index is 314. The Labute approximate surface area is 126 Å². The van der Waals surface area contributed by atoms with E-state index in [9.17, 15) is 8.42 Å². The molecule has 0 fully saturated rings. The lowest BCUT2D eigenvalue weighted by molar-refractivity contribution is 0.338. The highest BCUT2D eigenvalue weighted by atomic mass is 32.2. The van der Waals surface area contributed by atoms with E-state index in [0.29, 0.717) is 19.0 Å². The molecular weight excluding hydrogens is 272 g/mol. The average Bonchev–Trinajstić information content (AvgIpc) is 2.43. The number of nitrogens with zero attached hydrogens (tertiary/aromatic N) is 1. The standard InChI is InChI=1S/C15H34N2O2S/c1-5-11-16-12-9-10-13-20(18,19)17(8-4)14-15(6-2)7-3/h15-16H,5-14H2,1-4H3. The summed E-state index contributed by atoms with van der Waals surface area (Å²) in [4.78, 5) is 0. The molecule has 0 aliphatic rings. The minimum atomic E-state index is -3.07. The van der Waals surface area contributed by atoms with E-state index in [1.807, 2.05) is 6.92 Å². The molecule has 0 spiro atoms. The molecule has 0 saturated heterocycles. The normalized spacial score (nSPS) is 12.5. The molecule has 0 heterocycles. The van der Waals surface area contributed by atoms with Crippen LogP contribution in [0, 0.1) is 5.92 Å². The van der Waals surface area contributed by atoms with Crippen LogP contribution in [0.1, 0.15) is 59.8 Å². The predicted octanol–water partition coefficient (Wildman–Crippen LogP) is 2.85. The average molecular weight is 307 g/mol. The minimum Gasteiger partial charge on any atom is -0.317 e. The van der Waals surface area contributed by atoms with Crippen molar-refractivity contribution < 1.29 is 8.42 Å². The van der Waals surface area contributed by atoms with Crippen molar-refractivity contribution in [3.05, 3.63) is 0 Å². The number of unbranched alkanes of at least 4 members (excludes halogenated alkanes) is 1. The highest BCUT2D eigenvalue weighted by Crippen LogP contribution is 2.14. The number of hydrogen-bond acceptors (Lipinski definition) is 3. The van der Waals surface area contributed by atoms with Crippen LogP contribution >= 0.6 is 0 Å². The van der Waals surface area contributed by atoms with Gasteiger partial charge in [-0.15, -0.1) is 0 Å². The van der Waals surface area contributed by atoms with Gasteiger partial charge in [-0.05, 0) is 38.3 Å². The molecule has 0 radical (unpaired) electrons. The molecule has 0 aliphatic carbocycles. The lowest BCUT2D eigenvalue weighted by Crippen LogP contribution is -2.36. The lowest BCUT2D eigenvalue weighted by atomic mass is 10.0. The second-order valence-corrected chi connectivity index (χ2v) is 7.49. The molecule has 0 aromatic heterocycles. The quantitative estimate of drug-likeness (QED) is 0.532. The van der Waals surface area contributed by atoms with Crippen LogP contribution in [0.25, 0.3) is 0 Å². The van der Waals surface area contributed by atoms with Crippen molar-refractivity contribution in [1.82, 2.24) is 9.62 Å². The molecule has 0 unspecified atom stereocenters. The van der Waals surface area contributed by atoms with E-state index in [0.717, 1.165) is 45.2 Å². The maximum absolute atomic E-state index is 12.3. The Kier molecular flexibility index (Phi) is 11.4. The largest absolute Gasteiger partial charge is 0.317 e. The van der Waals surface area contributed by atoms with Gasteiger partial charge in [0.15, 0.2) is 0 Å². The fourth-order valence-electron chi connectivity index (χ4n) is 2.24. The van der Waals surface area contributed by atoms with E-state index in [4.69, 9.17) is 0 Å². The van der Waals surface area contributed by atoms with E-state index in [-0.39, 0.29) is 5.75 Å². The smallest absolute Gasteiger partial charge is 0.214 e. The predicted molar refractivity (Wildman–Crippen MR) is 87.5 cm³/mol. The summed E-state index contributed by atoms with van der Waals surface area (Å²) in [7, 11) is -3.07. The van der Waals surface area contributed by atoms with Crippen LogP contribution in [0.15, 0.2) is 0 Å². The number of nitrogens with one attached hydrogen (secondary N) is 1. The lowest BCUT2D eigenvalue weighted by Gasteiger charge is -2.24. The summed E-state index contributed by atoms with van der Waals surface area (Å²) in [5.74, 6) is 0.769. The van der Waals surface area contributed by atoms with Crippen molar-refractivity contribution in [2.24, 2.45) is 5.92 Å². The first-order valence-corrected chi connectivity index (χ1v) is 9.81. The highest BCUT2D eigenvalue weighted by Gasteiger charge is 2.22. The SMILES string of the molecule is CCCNCCCCS(=O)(=O)N(CC)CC(CC)CC. The zero-order chi connectivity index (χ0) is 15.4. The summed E-state index contributed by atoms with van der Waals surface area (Å²) in [6, 6.07) is 0. The summed E-state index contributed by atoms with van der Waals surface area (Å²) in [6.07, 6.45) is 4.89. The van der Waals surface area contributed by atoms with Crippen molar-refractivity contribution in [3.8, 4) is 0 Å². The van der Waals surface area contributed by atoms with Crippen molar-refractivity contribution in [2.45, 2.75) is 59.8 Å². The van der Waals surface area contributed by atoms with Crippen LogP contribution in [-0.4, -0.2) is 44.7 Å². The summed E-state index contributed by atoms with van der Waals surface area (Å²) < 4.78 is 26.3. The molecule has 0 bridgehead atoms. The fourth-order valence-corrected chi connectivity index (χ4v) is 3.90. The molecule has 0 amide bonds. The Hall–Kier alpha value is -0.130. The molecule has 0 atom stereocenters. The Balaban J connectivity index is 4.16. The number of rotatable bonds is 13. The third kappa shape index (κ3) is 8.22. The van der Waals surface area contributed by atoms with Gasteiger partial charge in [-0.25, -0.2) is 12.7 Å². The summed E-state index contributed by atoms with van der Waals surface area (Å²) in [6.45, 7) is 11.5. The molecule has 20 heavy (non-hydrogen) atoms. The van der Waals surface area contributed by atoms with Crippen molar-refractivity contribution in [3.63, 3.8) is 0 Å². The van der Waals surface area contributed by atoms with Crippen LogP contribution in [0.3, 0.4) is 0 Å². The topological polar surface area (TPSA) is 49.4 Å². The number of hydrogen-bond donors (Lipinski definition) is 1.